The fraction of sp³-hybridized carbons (Fsp3) is 0.0588. The number of rotatable bonds is 6. The molecule has 8 heteroatoms. The first-order valence-corrected chi connectivity index (χ1v) is 7.26. The van der Waals surface area contributed by atoms with Gasteiger partial charge in [0.2, 0.25) is 5.82 Å². The van der Waals surface area contributed by atoms with Gasteiger partial charge in [0, 0.05) is 16.7 Å². The van der Waals surface area contributed by atoms with Gasteiger partial charge in [-0.3, -0.25) is 5.41 Å². The van der Waals surface area contributed by atoms with Crippen LogP contribution in [0, 0.1) is 5.41 Å². The molecule has 0 spiro atoms. The van der Waals surface area contributed by atoms with Crippen molar-refractivity contribution in [3.8, 4) is 28.6 Å². The Bertz CT molecular complexity index is 901. The van der Waals surface area contributed by atoms with Crippen LogP contribution >= 0.6 is 0 Å². The molecule has 2 aromatic carbocycles. The van der Waals surface area contributed by atoms with Crippen LogP contribution in [0.1, 0.15) is 5.56 Å². The Balaban J connectivity index is 1.76. The average Bonchev–Trinajstić information content (AvgIpc) is 3.10. The number of amidine groups is 1. The molecule has 0 aliphatic rings. The highest BCUT2D eigenvalue weighted by Gasteiger charge is 2.11. The van der Waals surface area contributed by atoms with Crippen LogP contribution < -0.4 is 10.5 Å². The first kappa shape index (κ1) is 16.2. The minimum Gasteiger partial charge on any atom is -0.482 e. The maximum Gasteiger partial charge on any atom is 0.341 e. The van der Waals surface area contributed by atoms with Gasteiger partial charge in [0.05, 0.1) is 0 Å². The molecule has 0 fully saturated rings. The summed E-state index contributed by atoms with van der Waals surface area (Å²) in [4.78, 5) is 14.8. The van der Waals surface area contributed by atoms with Crippen molar-refractivity contribution in [2.45, 2.75) is 0 Å². The van der Waals surface area contributed by atoms with Gasteiger partial charge in [-0.15, -0.1) is 0 Å². The third-order valence-electron chi connectivity index (χ3n) is 3.34. The molecule has 4 N–H and O–H groups in total. The van der Waals surface area contributed by atoms with Gasteiger partial charge in [-0.05, 0) is 36.4 Å². The summed E-state index contributed by atoms with van der Waals surface area (Å²) in [7, 11) is 0. The smallest absolute Gasteiger partial charge is 0.341 e. The van der Waals surface area contributed by atoms with E-state index in [1.165, 1.54) is 0 Å². The summed E-state index contributed by atoms with van der Waals surface area (Å²) in [6.45, 7) is -0.401. The third-order valence-corrected chi connectivity index (χ3v) is 3.34. The van der Waals surface area contributed by atoms with Gasteiger partial charge < -0.3 is 20.1 Å². The lowest BCUT2D eigenvalue weighted by molar-refractivity contribution is -0.139. The standard InChI is InChI=1S/C17H14N4O4/c18-15(19)10-1-3-12(4-2-10)17-20-16(21-25-17)11-5-7-13(8-6-11)24-9-14(22)23/h1-8H,9H2,(H3,18,19)(H,22,23). The van der Waals surface area contributed by atoms with Gasteiger partial charge in [-0.2, -0.15) is 4.98 Å². The molecule has 0 aliphatic carbocycles. The molecule has 0 aliphatic heterocycles. The predicted octanol–water partition coefficient (Wildman–Crippen LogP) is 2.15. The van der Waals surface area contributed by atoms with Crippen LogP contribution in [0.3, 0.4) is 0 Å². The number of carboxylic acids is 1. The number of benzene rings is 2. The number of aromatic nitrogens is 2. The van der Waals surface area contributed by atoms with Crippen molar-refractivity contribution in [3.05, 3.63) is 54.1 Å². The number of nitrogen functional groups attached to an aromatic ring is 1. The first-order chi connectivity index (χ1) is 12.0. The molecule has 0 unspecified atom stereocenters. The highest BCUT2D eigenvalue weighted by atomic mass is 16.5. The second-order valence-corrected chi connectivity index (χ2v) is 5.12. The summed E-state index contributed by atoms with van der Waals surface area (Å²) in [5.41, 5.74) is 7.45. The number of ether oxygens (including phenoxy) is 1. The van der Waals surface area contributed by atoms with Gasteiger partial charge in [0.1, 0.15) is 11.6 Å². The summed E-state index contributed by atoms with van der Waals surface area (Å²) in [6.07, 6.45) is 0. The number of aliphatic carboxylic acids is 1. The summed E-state index contributed by atoms with van der Waals surface area (Å²) >= 11 is 0. The molecule has 8 nitrogen and oxygen atoms in total. The predicted molar refractivity (Wildman–Crippen MR) is 89.3 cm³/mol. The Labute approximate surface area is 142 Å². The molecule has 0 amide bonds. The number of hydrogen-bond donors (Lipinski definition) is 3. The van der Waals surface area contributed by atoms with Crippen molar-refractivity contribution in [2.75, 3.05) is 6.61 Å². The van der Waals surface area contributed by atoms with Crippen LogP contribution in [0.2, 0.25) is 0 Å². The van der Waals surface area contributed by atoms with Crippen molar-refractivity contribution < 1.29 is 19.2 Å². The van der Waals surface area contributed by atoms with E-state index in [1.807, 2.05) is 0 Å². The summed E-state index contributed by atoms with van der Waals surface area (Å²) in [5.74, 6) is 0.132. The molecule has 1 aromatic heterocycles. The van der Waals surface area contributed by atoms with Gasteiger partial charge >= 0.3 is 5.97 Å². The lowest BCUT2D eigenvalue weighted by Crippen LogP contribution is -2.10. The van der Waals surface area contributed by atoms with Gasteiger partial charge in [-0.1, -0.05) is 17.3 Å². The van der Waals surface area contributed by atoms with Gasteiger partial charge in [-0.25, -0.2) is 4.79 Å². The minimum absolute atomic E-state index is 0.0111. The molecule has 0 bridgehead atoms. The number of nitrogens with one attached hydrogen (secondary N) is 1. The van der Waals surface area contributed by atoms with Crippen molar-refractivity contribution in [2.24, 2.45) is 5.73 Å². The zero-order chi connectivity index (χ0) is 17.8. The summed E-state index contributed by atoms with van der Waals surface area (Å²) in [5, 5.41) is 19.9. The molecule has 3 rings (SSSR count). The molecule has 0 saturated heterocycles. The van der Waals surface area contributed by atoms with Crippen molar-refractivity contribution in [1.29, 1.82) is 5.41 Å². The van der Waals surface area contributed by atoms with E-state index in [-0.39, 0.29) is 5.84 Å². The number of nitrogens with two attached hydrogens (primary N) is 1. The second kappa shape index (κ2) is 6.83. The third kappa shape index (κ3) is 3.81. The summed E-state index contributed by atoms with van der Waals surface area (Å²) in [6, 6.07) is 13.6. The fourth-order valence-electron chi connectivity index (χ4n) is 2.10. The molecule has 0 saturated carbocycles. The van der Waals surface area contributed by atoms with E-state index >= 15 is 0 Å². The highest BCUT2D eigenvalue weighted by Crippen LogP contribution is 2.24. The van der Waals surface area contributed by atoms with Crippen LogP contribution in [0.15, 0.2) is 53.1 Å². The quantitative estimate of drug-likeness (QED) is 0.463. The lowest BCUT2D eigenvalue weighted by atomic mass is 10.1. The molecule has 126 valence electrons. The van der Waals surface area contributed by atoms with Crippen LogP contribution in [0.4, 0.5) is 0 Å². The molecule has 0 radical (unpaired) electrons. The van der Waals surface area contributed by atoms with Crippen molar-refractivity contribution >= 4 is 11.8 Å². The number of hydrogen-bond acceptors (Lipinski definition) is 6. The van der Waals surface area contributed by atoms with Crippen molar-refractivity contribution in [3.63, 3.8) is 0 Å². The van der Waals surface area contributed by atoms with Gasteiger partial charge in [0.25, 0.3) is 5.89 Å². The maximum atomic E-state index is 10.5. The monoisotopic (exact) mass is 338 g/mol. The molecular weight excluding hydrogens is 324 g/mol. The van der Waals surface area contributed by atoms with Crippen LogP contribution in [0.5, 0.6) is 5.75 Å². The largest absolute Gasteiger partial charge is 0.482 e. The Kier molecular flexibility index (Phi) is 4.42. The topological polar surface area (TPSA) is 135 Å². The molecule has 3 aromatic rings. The van der Waals surface area contributed by atoms with E-state index in [0.717, 1.165) is 0 Å². The highest BCUT2D eigenvalue weighted by molar-refractivity contribution is 5.95. The Hall–Kier alpha value is -3.68. The molecule has 1 heterocycles. The molecule has 0 atom stereocenters. The van der Waals surface area contributed by atoms with Crippen LogP contribution in [-0.2, 0) is 4.79 Å². The van der Waals surface area contributed by atoms with Crippen molar-refractivity contribution in [1.82, 2.24) is 10.1 Å². The van der Waals surface area contributed by atoms with Gasteiger partial charge in [0.15, 0.2) is 6.61 Å². The van der Waals surface area contributed by atoms with E-state index in [1.54, 1.807) is 48.5 Å². The lowest BCUT2D eigenvalue weighted by Gasteiger charge is -2.02. The van der Waals surface area contributed by atoms with E-state index in [0.29, 0.717) is 34.2 Å². The SMILES string of the molecule is N=C(N)c1ccc(-c2nc(-c3ccc(OCC(=O)O)cc3)no2)cc1. The number of carbonyl (C=O) groups is 1. The van der Waals surface area contributed by atoms with Crippen LogP contribution in [0.25, 0.3) is 22.8 Å². The zero-order valence-electron chi connectivity index (χ0n) is 13.0. The average molecular weight is 338 g/mol. The normalized spacial score (nSPS) is 10.4. The summed E-state index contributed by atoms with van der Waals surface area (Å²) < 4.78 is 10.3. The maximum absolute atomic E-state index is 10.5. The zero-order valence-corrected chi connectivity index (χ0v) is 13.0. The minimum atomic E-state index is -1.04. The van der Waals surface area contributed by atoms with E-state index in [2.05, 4.69) is 10.1 Å². The Morgan fingerprint density at radius 3 is 2.36 bits per heavy atom. The molecular formula is C17H14N4O4. The van der Waals surface area contributed by atoms with E-state index < -0.39 is 12.6 Å². The fourth-order valence-corrected chi connectivity index (χ4v) is 2.10. The Morgan fingerprint density at radius 1 is 1.12 bits per heavy atom. The number of carboxylic acid groups (broad SMARTS) is 1. The molecule has 25 heavy (non-hydrogen) atoms. The second-order valence-electron chi connectivity index (χ2n) is 5.12. The van der Waals surface area contributed by atoms with E-state index in [9.17, 15) is 4.79 Å². The Morgan fingerprint density at radius 2 is 1.76 bits per heavy atom. The number of nitrogens with zero attached hydrogens (tertiary/aromatic N) is 2. The van der Waals surface area contributed by atoms with Crippen LogP contribution in [-0.4, -0.2) is 33.7 Å². The first-order valence-electron chi connectivity index (χ1n) is 7.26. The van der Waals surface area contributed by atoms with E-state index in [4.69, 9.17) is 25.5 Å².